The standard InChI is InChI=1S/C36H40O6/c1-37-34-22-32(39-24-29-16-8-3-9-17-29)35(40-25-30-18-10-4-11-19-30)36(41-26-31-20-12-5-13-21-31)33(42-34)27-38-23-28-14-6-2-7-15-28/h2-21,32-36H,22-27H2,1H3/t32-,33+,34?,35+,36+/m0/s1. The summed E-state index contributed by atoms with van der Waals surface area (Å²) in [5, 5.41) is 0. The summed E-state index contributed by atoms with van der Waals surface area (Å²) in [6.45, 7) is 2.03. The fourth-order valence-electron chi connectivity index (χ4n) is 5.11. The first-order valence-electron chi connectivity index (χ1n) is 14.5. The Morgan fingerprint density at radius 2 is 0.976 bits per heavy atom. The van der Waals surface area contributed by atoms with Gasteiger partial charge in [-0.3, -0.25) is 0 Å². The van der Waals surface area contributed by atoms with Crippen LogP contribution in [0.15, 0.2) is 121 Å². The molecule has 1 aliphatic rings. The number of hydrogen-bond acceptors (Lipinski definition) is 6. The van der Waals surface area contributed by atoms with Crippen LogP contribution >= 0.6 is 0 Å². The molecule has 42 heavy (non-hydrogen) atoms. The highest BCUT2D eigenvalue weighted by Gasteiger charge is 2.44. The van der Waals surface area contributed by atoms with Crippen LogP contribution < -0.4 is 0 Å². The van der Waals surface area contributed by atoms with Gasteiger partial charge in [-0.15, -0.1) is 0 Å². The van der Waals surface area contributed by atoms with Gasteiger partial charge in [0, 0.05) is 13.5 Å². The molecule has 4 aromatic rings. The van der Waals surface area contributed by atoms with E-state index in [0.29, 0.717) is 39.5 Å². The van der Waals surface area contributed by atoms with Crippen molar-refractivity contribution in [3.05, 3.63) is 144 Å². The summed E-state index contributed by atoms with van der Waals surface area (Å²) in [6, 6.07) is 40.6. The maximum atomic E-state index is 6.70. The predicted octanol–water partition coefficient (Wildman–Crippen LogP) is 6.72. The molecule has 5 rings (SSSR count). The fourth-order valence-corrected chi connectivity index (χ4v) is 5.11. The van der Waals surface area contributed by atoms with Gasteiger partial charge in [0.25, 0.3) is 0 Å². The van der Waals surface area contributed by atoms with E-state index < -0.39 is 24.6 Å². The molecule has 0 amide bonds. The molecular weight excluding hydrogens is 528 g/mol. The lowest BCUT2D eigenvalue weighted by atomic mass is 10.0. The second-order valence-corrected chi connectivity index (χ2v) is 10.4. The van der Waals surface area contributed by atoms with Crippen LogP contribution in [-0.4, -0.2) is 44.4 Å². The van der Waals surface area contributed by atoms with Crippen molar-refractivity contribution in [2.24, 2.45) is 0 Å². The van der Waals surface area contributed by atoms with E-state index in [1.807, 2.05) is 72.8 Å². The molecule has 0 saturated carbocycles. The van der Waals surface area contributed by atoms with Crippen molar-refractivity contribution in [1.82, 2.24) is 0 Å². The highest BCUT2D eigenvalue weighted by molar-refractivity contribution is 5.16. The fraction of sp³-hybridized carbons (Fsp3) is 0.333. The lowest BCUT2D eigenvalue weighted by Crippen LogP contribution is -2.48. The van der Waals surface area contributed by atoms with E-state index in [-0.39, 0.29) is 6.10 Å². The first-order valence-corrected chi connectivity index (χ1v) is 14.5. The number of hydrogen-bond donors (Lipinski definition) is 0. The van der Waals surface area contributed by atoms with Gasteiger partial charge in [0.05, 0.1) is 39.1 Å². The van der Waals surface area contributed by atoms with Crippen molar-refractivity contribution in [1.29, 1.82) is 0 Å². The van der Waals surface area contributed by atoms with Crippen LogP contribution in [0.2, 0.25) is 0 Å². The Hall–Kier alpha value is -3.36. The molecule has 0 bridgehead atoms. The third-order valence-electron chi connectivity index (χ3n) is 7.34. The summed E-state index contributed by atoms with van der Waals surface area (Å²) in [5.74, 6) is 0. The highest BCUT2D eigenvalue weighted by atomic mass is 16.7. The summed E-state index contributed by atoms with van der Waals surface area (Å²) < 4.78 is 38.5. The van der Waals surface area contributed by atoms with E-state index in [0.717, 1.165) is 22.3 Å². The van der Waals surface area contributed by atoms with Crippen molar-refractivity contribution < 1.29 is 28.4 Å². The second-order valence-electron chi connectivity index (χ2n) is 10.4. The third-order valence-corrected chi connectivity index (χ3v) is 7.34. The lowest BCUT2D eigenvalue weighted by Gasteiger charge is -2.34. The maximum Gasteiger partial charge on any atom is 0.160 e. The van der Waals surface area contributed by atoms with Crippen LogP contribution in [0.1, 0.15) is 28.7 Å². The molecule has 1 aliphatic heterocycles. The van der Waals surface area contributed by atoms with Gasteiger partial charge in [0.1, 0.15) is 18.3 Å². The van der Waals surface area contributed by atoms with Gasteiger partial charge in [-0.1, -0.05) is 121 Å². The van der Waals surface area contributed by atoms with Gasteiger partial charge in [-0.05, 0) is 22.3 Å². The average Bonchev–Trinajstić information content (AvgIpc) is 3.19. The van der Waals surface area contributed by atoms with Crippen LogP contribution in [-0.2, 0) is 54.8 Å². The third kappa shape index (κ3) is 9.07. The summed E-state index contributed by atoms with van der Waals surface area (Å²) in [7, 11) is 1.66. The molecule has 6 nitrogen and oxygen atoms in total. The summed E-state index contributed by atoms with van der Waals surface area (Å²) in [6.07, 6.45) is -1.74. The Bertz CT molecular complexity index is 1270. The van der Waals surface area contributed by atoms with E-state index in [2.05, 4.69) is 48.5 Å². The van der Waals surface area contributed by atoms with Gasteiger partial charge in [0.2, 0.25) is 0 Å². The number of ether oxygens (including phenoxy) is 6. The van der Waals surface area contributed by atoms with Crippen molar-refractivity contribution in [2.75, 3.05) is 13.7 Å². The Balaban J connectivity index is 1.41. The van der Waals surface area contributed by atoms with E-state index in [9.17, 15) is 0 Å². The first-order chi connectivity index (χ1) is 20.8. The van der Waals surface area contributed by atoms with Crippen LogP contribution in [0, 0.1) is 0 Å². The molecular formula is C36H40O6. The topological polar surface area (TPSA) is 55.4 Å². The van der Waals surface area contributed by atoms with Crippen molar-refractivity contribution in [3.63, 3.8) is 0 Å². The number of methoxy groups -OCH3 is 1. The van der Waals surface area contributed by atoms with Gasteiger partial charge in [0.15, 0.2) is 6.29 Å². The van der Waals surface area contributed by atoms with Crippen molar-refractivity contribution in [2.45, 2.75) is 63.6 Å². The van der Waals surface area contributed by atoms with Gasteiger partial charge < -0.3 is 28.4 Å². The zero-order chi connectivity index (χ0) is 28.8. The zero-order valence-electron chi connectivity index (χ0n) is 24.1. The first kappa shape index (κ1) is 30.1. The van der Waals surface area contributed by atoms with Gasteiger partial charge in [-0.25, -0.2) is 0 Å². The summed E-state index contributed by atoms with van der Waals surface area (Å²) >= 11 is 0. The maximum absolute atomic E-state index is 6.70. The SMILES string of the molecule is COC1C[C@H](OCc2ccccc2)[C@@H](OCc2ccccc2)[C@H](OCc2ccccc2)[C@@H](COCc2ccccc2)O1. The second kappa shape index (κ2) is 16.3. The normalized spacial score (nSPS) is 22.5. The molecule has 0 aromatic heterocycles. The van der Waals surface area contributed by atoms with Crippen LogP contribution in [0.3, 0.4) is 0 Å². The highest BCUT2D eigenvalue weighted by Crippen LogP contribution is 2.30. The molecule has 0 spiro atoms. The number of benzene rings is 4. The molecule has 220 valence electrons. The smallest absolute Gasteiger partial charge is 0.160 e. The molecule has 4 aromatic carbocycles. The van der Waals surface area contributed by atoms with Crippen molar-refractivity contribution >= 4 is 0 Å². The van der Waals surface area contributed by atoms with E-state index >= 15 is 0 Å². The molecule has 1 saturated heterocycles. The van der Waals surface area contributed by atoms with Gasteiger partial charge >= 0.3 is 0 Å². The van der Waals surface area contributed by atoms with E-state index in [4.69, 9.17) is 28.4 Å². The summed E-state index contributed by atoms with van der Waals surface area (Å²) in [5.41, 5.74) is 4.32. The molecule has 1 heterocycles. The zero-order valence-corrected chi connectivity index (χ0v) is 24.1. The average molecular weight is 569 g/mol. The molecule has 0 radical (unpaired) electrons. The minimum absolute atomic E-state index is 0.310. The minimum atomic E-state index is -0.510. The summed E-state index contributed by atoms with van der Waals surface area (Å²) in [4.78, 5) is 0. The molecule has 1 fully saturated rings. The minimum Gasteiger partial charge on any atom is -0.374 e. The molecule has 1 unspecified atom stereocenters. The quantitative estimate of drug-likeness (QED) is 0.168. The van der Waals surface area contributed by atoms with Crippen LogP contribution in [0.4, 0.5) is 0 Å². The largest absolute Gasteiger partial charge is 0.374 e. The monoisotopic (exact) mass is 568 g/mol. The number of rotatable bonds is 14. The molecule has 6 heteroatoms. The van der Waals surface area contributed by atoms with Crippen LogP contribution in [0.5, 0.6) is 0 Å². The Morgan fingerprint density at radius 1 is 0.548 bits per heavy atom. The Morgan fingerprint density at radius 3 is 1.45 bits per heavy atom. The van der Waals surface area contributed by atoms with Crippen molar-refractivity contribution in [3.8, 4) is 0 Å². The molecule has 0 N–H and O–H groups in total. The molecule has 5 atom stereocenters. The Labute approximate surface area is 249 Å². The molecule has 0 aliphatic carbocycles. The van der Waals surface area contributed by atoms with Gasteiger partial charge in [-0.2, -0.15) is 0 Å². The van der Waals surface area contributed by atoms with Crippen LogP contribution in [0.25, 0.3) is 0 Å². The van der Waals surface area contributed by atoms with E-state index in [1.165, 1.54) is 0 Å². The van der Waals surface area contributed by atoms with E-state index in [1.54, 1.807) is 7.11 Å². The Kier molecular flexibility index (Phi) is 11.7. The predicted molar refractivity (Wildman–Crippen MR) is 161 cm³/mol. The lowest BCUT2D eigenvalue weighted by molar-refractivity contribution is -0.207.